The molecule has 1 amide bonds. The molecule has 5 heterocycles. The molecule has 2 unspecified atom stereocenters. The number of furan rings is 1. The fourth-order valence-electron chi connectivity index (χ4n) is 4.79. The molecule has 8 heteroatoms. The second-order valence-electron chi connectivity index (χ2n) is 8.30. The third kappa shape index (κ3) is 3.45. The average Bonchev–Trinajstić information content (AvgIpc) is 3.40. The Morgan fingerprint density at radius 3 is 2.84 bits per heavy atom. The van der Waals surface area contributed by atoms with Gasteiger partial charge in [0, 0.05) is 49.7 Å². The lowest BCUT2D eigenvalue weighted by Gasteiger charge is -2.40. The second kappa shape index (κ2) is 7.32. The predicted octanol–water partition coefficient (Wildman–Crippen LogP) is 4.42. The molecule has 0 radical (unpaired) electrons. The summed E-state index contributed by atoms with van der Waals surface area (Å²) in [6.45, 7) is 4.08. The van der Waals surface area contributed by atoms with Crippen LogP contribution >= 0.6 is 11.3 Å². The minimum atomic E-state index is 0.178. The lowest BCUT2D eigenvalue weighted by Crippen LogP contribution is -2.54. The minimum Gasteiger partial charge on any atom is -0.460 e. The van der Waals surface area contributed by atoms with Gasteiger partial charge in [0.25, 0.3) is 5.19 Å². The van der Waals surface area contributed by atoms with Crippen molar-refractivity contribution in [2.75, 3.05) is 13.1 Å². The van der Waals surface area contributed by atoms with Crippen molar-refractivity contribution in [3.05, 3.63) is 48.4 Å². The summed E-state index contributed by atoms with van der Waals surface area (Å²) >= 11 is 1.47. The zero-order chi connectivity index (χ0) is 20.9. The number of piperazine rings is 1. The lowest BCUT2D eigenvalue weighted by molar-refractivity contribution is -0.132. The number of pyridine rings is 1. The summed E-state index contributed by atoms with van der Waals surface area (Å²) in [7, 11) is 0. The molecule has 2 bridgehead atoms. The summed E-state index contributed by atoms with van der Waals surface area (Å²) in [6, 6.07) is 12.7. The fourth-order valence-corrected chi connectivity index (χ4v) is 5.58. The van der Waals surface area contributed by atoms with Crippen molar-refractivity contribution < 1.29 is 13.9 Å². The maximum atomic E-state index is 11.8. The van der Waals surface area contributed by atoms with Crippen LogP contribution in [-0.2, 0) is 11.3 Å². The number of ether oxygens (including phenoxy) is 1. The van der Waals surface area contributed by atoms with E-state index in [-0.39, 0.29) is 5.91 Å². The topological polar surface area (TPSA) is 71.7 Å². The van der Waals surface area contributed by atoms with Gasteiger partial charge < -0.3 is 14.1 Å². The Morgan fingerprint density at radius 1 is 1.23 bits per heavy atom. The first-order chi connectivity index (χ1) is 15.1. The Bertz CT molecular complexity index is 1240. The van der Waals surface area contributed by atoms with Crippen molar-refractivity contribution in [2.45, 2.75) is 38.4 Å². The van der Waals surface area contributed by atoms with Crippen LogP contribution in [0.4, 0.5) is 0 Å². The minimum absolute atomic E-state index is 0.178. The smallest absolute Gasteiger partial charge is 0.281 e. The van der Waals surface area contributed by atoms with E-state index in [0.717, 1.165) is 53.9 Å². The molecular weight excluding hydrogens is 412 g/mol. The van der Waals surface area contributed by atoms with E-state index in [4.69, 9.17) is 9.15 Å². The number of aromatic nitrogens is 2. The van der Waals surface area contributed by atoms with E-state index in [2.05, 4.69) is 20.9 Å². The molecule has 0 aliphatic carbocycles. The van der Waals surface area contributed by atoms with Crippen molar-refractivity contribution in [1.29, 1.82) is 0 Å². The Hall–Kier alpha value is -2.97. The molecule has 2 atom stereocenters. The highest BCUT2D eigenvalue weighted by Gasteiger charge is 2.40. The number of thiazole rings is 1. The van der Waals surface area contributed by atoms with Crippen molar-refractivity contribution in [3.63, 3.8) is 0 Å². The maximum absolute atomic E-state index is 11.8. The van der Waals surface area contributed by atoms with Crippen molar-refractivity contribution in [1.82, 2.24) is 19.8 Å². The van der Waals surface area contributed by atoms with Crippen LogP contribution < -0.4 is 4.74 Å². The van der Waals surface area contributed by atoms with Gasteiger partial charge in [-0.25, -0.2) is 4.98 Å². The molecule has 2 aliphatic rings. The molecule has 0 spiro atoms. The summed E-state index contributed by atoms with van der Waals surface area (Å²) in [5, 5.41) is 1.63. The quantitative estimate of drug-likeness (QED) is 0.473. The molecule has 158 valence electrons. The molecule has 2 saturated heterocycles. The third-order valence-corrected chi connectivity index (χ3v) is 7.20. The molecular formula is C23H22N4O3S. The summed E-state index contributed by atoms with van der Waals surface area (Å²) in [5.41, 5.74) is 1.50. The van der Waals surface area contributed by atoms with Gasteiger partial charge in [-0.05, 0) is 43.2 Å². The molecule has 4 aromatic rings. The summed E-state index contributed by atoms with van der Waals surface area (Å²) in [6.07, 6.45) is 4.02. The third-order valence-electron chi connectivity index (χ3n) is 6.31. The van der Waals surface area contributed by atoms with Gasteiger partial charge in [-0.1, -0.05) is 11.3 Å². The van der Waals surface area contributed by atoms with Gasteiger partial charge in [0.2, 0.25) is 5.91 Å². The van der Waals surface area contributed by atoms with E-state index in [1.165, 1.54) is 11.3 Å². The largest absolute Gasteiger partial charge is 0.460 e. The van der Waals surface area contributed by atoms with E-state index in [1.54, 1.807) is 13.1 Å². The van der Waals surface area contributed by atoms with Crippen molar-refractivity contribution in [2.24, 2.45) is 0 Å². The van der Waals surface area contributed by atoms with Gasteiger partial charge in [-0.15, -0.1) is 0 Å². The van der Waals surface area contributed by atoms with Gasteiger partial charge in [-0.3, -0.25) is 9.69 Å². The molecule has 3 aromatic heterocycles. The number of nitrogens with zero attached hydrogens (tertiary/aromatic N) is 4. The maximum Gasteiger partial charge on any atom is 0.281 e. The van der Waals surface area contributed by atoms with Gasteiger partial charge in [0.15, 0.2) is 5.65 Å². The number of likely N-dealkylation sites (tertiary alicyclic amines) is 1. The van der Waals surface area contributed by atoms with Crippen LogP contribution in [0.5, 0.6) is 10.9 Å². The van der Waals surface area contributed by atoms with Gasteiger partial charge in [0.05, 0.1) is 11.2 Å². The summed E-state index contributed by atoms with van der Waals surface area (Å²) < 4.78 is 13.1. The highest BCUT2D eigenvalue weighted by molar-refractivity contribution is 7.20. The number of benzene rings is 1. The van der Waals surface area contributed by atoms with Crippen LogP contribution in [0, 0.1) is 0 Å². The van der Waals surface area contributed by atoms with E-state index >= 15 is 0 Å². The SMILES string of the molecule is CC(=O)N1CC2CCC(C1)N2Cc1cc2ccc(Oc3nc4ncccc4s3)cc2o1. The number of amides is 1. The first kappa shape index (κ1) is 18.8. The molecule has 7 nitrogen and oxygen atoms in total. The molecule has 0 N–H and O–H groups in total. The highest BCUT2D eigenvalue weighted by Crippen LogP contribution is 2.35. The lowest BCUT2D eigenvalue weighted by atomic mass is 10.1. The Balaban J connectivity index is 1.20. The van der Waals surface area contributed by atoms with Crippen LogP contribution in [0.2, 0.25) is 0 Å². The normalized spacial score (nSPS) is 21.3. The Kier molecular flexibility index (Phi) is 4.43. The van der Waals surface area contributed by atoms with Crippen LogP contribution in [0.1, 0.15) is 25.5 Å². The predicted molar refractivity (Wildman–Crippen MR) is 118 cm³/mol. The zero-order valence-corrected chi connectivity index (χ0v) is 18.0. The van der Waals surface area contributed by atoms with E-state index in [1.807, 2.05) is 35.2 Å². The van der Waals surface area contributed by atoms with Crippen LogP contribution in [0.15, 0.2) is 47.0 Å². The highest BCUT2D eigenvalue weighted by atomic mass is 32.1. The number of hydrogen-bond donors (Lipinski definition) is 0. The second-order valence-corrected chi connectivity index (χ2v) is 9.29. The van der Waals surface area contributed by atoms with Crippen molar-refractivity contribution >= 4 is 38.6 Å². The van der Waals surface area contributed by atoms with Crippen molar-refractivity contribution in [3.8, 4) is 10.9 Å². The first-order valence-electron chi connectivity index (χ1n) is 10.6. The number of carbonyl (C=O) groups excluding carboxylic acids is 1. The van der Waals surface area contributed by atoms with Crippen LogP contribution in [-0.4, -0.2) is 50.8 Å². The number of carbonyl (C=O) groups is 1. The molecule has 31 heavy (non-hydrogen) atoms. The van der Waals surface area contributed by atoms with Gasteiger partial charge in [-0.2, -0.15) is 4.98 Å². The molecule has 0 saturated carbocycles. The Labute approximate surface area is 183 Å². The summed E-state index contributed by atoms with van der Waals surface area (Å²) in [5.74, 6) is 1.82. The number of rotatable bonds is 4. The van der Waals surface area contributed by atoms with E-state index in [0.29, 0.717) is 28.7 Å². The van der Waals surface area contributed by atoms with Crippen LogP contribution in [0.3, 0.4) is 0 Å². The monoisotopic (exact) mass is 434 g/mol. The van der Waals surface area contributed by atoms with E-state index in [9.17, 15) is 4.79 Å². The van der Waals surface area contributed by atoms with Gasteiger partial charge in [0.1, 0.15) is 17.1 Å². The molecule has 1 aromatic carbocycles. The number of hydrogen-bond acceptors (Lipinski definition) is 7. The molecule has 2 aliphatic heterocycles. The van der Waals surface area contributed by atoms with E-state index < -0.39 is 0 Å². The molecule has 6 rings (SSSR count). The average molecular weight is 435 g/mol. The summed E-state index contributed by atoms with van der Waals surface area (Å²) in [4.78, 5) is 25.0. The fraction of sp³-hybridized carbons (Fsp3) is 0.348. The zero-order valence-electron chi connectivity index (χ0n) is 17.2. The first-order valence-corrected chi connectivity index (χ1v) is 11.4. The van der Waals surface area contributed by atoms with Gasteiger partial charge >= 0.3 is 0 Å². The molecule has 2 fully saturated rings. The standard InChI is InChI=1S/C23H22N4O3S/c1-14(28)26-11-16-5-6-17(12-26)27(16)13-19-9-15-4-7-18(10-20(15)29-19)30-23-25-22-21(31-23)3-2-8-24-22/h2-4,7-10,16-17H,5-6,11-13H2,1H3. The Morgan fingerprint density at radius 2 is 2.06 bits per heavy atom. The van der Waals surface area contributed by atoms with Crippen LogP contribution in [0.25, 0.3) is 21.3 Å². The number of fused-ring (bicyclic) bond motifs is 4.